The molecule has 1 amide bonds. The lowest BCUT2D eigenvalue weighted by Crippen LogP contribution is -2.54. The lowest BCUT2D eigenvalue weighted by atomic mass is 9.89. The number of nitrogens with zero attached hydrogens (tertiary/aromatic N) is 3. The van der Waals surface area contributed by atoms with Crippen LogP contribution in [0.2, 0.25) is 0 Å². The number of carbonyl (C=O) groups is 1. The summed E-state index contributed by atoms with van der Waals surface area (Å²) in [6, 6.07) is 10.5. The van der Waals surface area contributed by atoms with Gasteiger partial charge in [-0.1, -0.05) is 30.3 Å². The van der Waals surface area contributed by atoms with Gasteiger partial charge in [-0.25, -0.2) is 5.14 Å². The number of amides is 1. The highest BCUT2D eigenvalue weighted by Crippen LogP contribution is 2.27. The first-order valence-corrected chi connectivity index (χ1v) is 10.3. The van der Waals surface area contributed by atoms with Gasteiger partial charge in [0.15, 0.2) is 0 Å². The van der Waals surface area contributed by atoms with Crippen molar-refractivity contribution < 1.29 is 13.2 Å². The van der Waals surface area contributed by atoms with Gasteiger partial charge in [-0.3, -0.25) is 9.69 Å². The highest BCUT2D eigenvalue weighted by molar-refractivity contribution is 7.86. The maximum atomic E-state index is 12.5. The third kappa shape index (κ3) is 4.78. The van der Waals surface area contributed by atoms with E-state index in [1.165, 1.54) is 9.87 Å². The normalized spacial score (nSPS) is 21.4. The molecule has 2 fully saturated rings. The Kier molecular flexibility index (Phi) is 5.73. The number of carbonyl (C=O) groups excluding carboxylic acids is 1. The quantitative estimate of drug-likeness (QED) is 0.825. The van der Waals surface area contributed by atoms with E-state index in [0.29, 0.717) is 25.6 Å². The summed E-state index contributed by atoms with van der Waals surface area (Å²) in [4.78, 5) is 16.4. The summed E-state index contributed by atoms with van der Waals surface area (Å²) in [5, 5.41) is 5.13. The molecule has 0 atom stereocenters. The molecule has 7 nitrogen and oxygen atoms in total. The lowest BCUT2D eigenvalue weighted by molar-refractivity contribution is -0.133. The highest BCUT2D eigenvalue weighted by atomic mass is 32.2. The first-order valence-electron chi connectivity index (χ1n) is 8.76. The Hall–Kier alpha value is -1.48. The van der Waals surface area contributed by atoms with E-state index in [2.05, 4.69) is 29.2 Å². The zero-order valence-corrected chi connectivity index (χ0v) is 15.2. The molecular weight excluding hydrogens is 340 g/mol. The zero-order chi connectivity index (χ0) is 17.9. The molecule has 2 saturated heterocycles. The molecule has 2 heterocycles. The summed E-state index contributed by atoms with van der Waals surface area (Å²) in [7, 11) is -3.65. The van der Waals surface area contributed by atoms with Gasteiger partial charge in [-0.15, -0.1) is 0 Å². The Morgan fingerprint density at radius 1 is 1.00 bits per heavy atom. The Morgan fingerprint density at radius 2 is 1.60 bits per heavy atom. The maximum absolute atomic E-state index is 12.5. The van der Waals surface area contributed by atoms with E-state index < -0.39 is 10.2 Å². The molecule has 1 aromatic rings. The van der Waals surface area contributed by atoms with Gasteiger partial charge in [-0.2, -0.15) is 12.7 Å². The first kappa shape index (κ1) is 18.3. The van der Waals surface area contributed by atoms with E-state index in [9.17, 15) is 13.2 Å². The molecule has 25 heavy (non-hydrogen) atoms. The van der Waals surface area contributed by atoms with Gasteiger partial charge in [0.2, 0.25) is 5.91 Å². The lowest BCUT2D eigenvalue weighted by Gasteiger charge is -2.36. The summed E-state index contributed by atoms with van der Waals surface area (Å²) >= 11 is 0. The number of likely N-dealkylation sites (tertiary alicyclic amines) is 1. The topological polar surface area (TPSA) is 87.0 Å². The van der Waals surface area contributed by atoms with Crippen molar-refractivity contribution in [3.05, 3.63) is 35.9 Å². The number of rotatable bonds is 4. The van der Waals surface area contributed by atoms with Crippen LogP contribution in [-0.2, 0) is 15.0 Å². The predicted octanol–water partition coefficient (Wildman–Crippen LogP) is 0.214. The van der Waals surface area contributed by atoms with Crippen LogP contribution >= 0.6 is 0 Å². The average molecular weight is 366 g/mol. The molecule has 1 aromatic carbocycles. The Bertz CT molecular complexity index is 679. The third-order valence-corrected chi connectivity index (χ3v) is 6.25. The fourth-order valence-corrected chi connectivity index (χ4v) is 4.31. The summed E-state index contributed by atoms with van der Waals surface area (Å²) in [6.07, 6.45) is 2.13. The van der Waals surface area contributed by atoms with Gasteiger partial charge in [0, 0.05) is 26.2 Å². The van der Waals surface area contributed by atoms with Crippen molar-refractivity contribution >= 4 is 16.1 Å². The number of hydrogen-bond donors (Lipinski definition) is 1. The molecule has 2 aliphatic rings. The third-order valence-electron chi connectivity index (χ3n) is 5.17. The SMILES string of the molecule is NS(=O)(=O)N1CCN(C(=O)CN2CCC(c3ccccc3)CC2)CC1. The largest absolute Gasteiger partial charge is 0.339 e. The Labute approximate surface area is 149 Å². The molecule has 0 saturated carbocycles. The molecule has 3 rings (SSSR count). The summed E-state index contributed by atoms with van der Waals surface area (Å²) in [5.41, 5.74) is 1.38. The fraction of sp³-hybridized carbons (Fsp3) is 0.588. The van der Waals surface area contributed by atoms with Gasteiger partial charge in [0.25, 0.3) is 10.2 Å². The van der Waals surface area contributed by atoms with Crippen LogP contribution in [0, 0.1) is 0 Å². The molecule has 138 valence electrons. The molecule has 0 bridgehead atoms. The second-order valence-electron chi connectivity index (χ2n) is 6.79. The van der Waals surface area contributed by atoms with Crippen LogP contribution in [0.5, 0.6) is 0 Å². The van der Waals surface area contributed by atoms with E-state index >= 15 is 0 Å². The molecule has 2 aliphatic heterocycles. The van der Waals surface area contributed by atoms with Crippen molar-refractivity contribution in [1.82, 2.24) is 14.1 Å². The van der Waals surface area contributed by atoms with Gasteiger partial charge in [-0.05, 0) is 37.4 Å². The Balaban J connectivity index is 1.44. The van der Waals surface area contributed by atoms with Crippen molar-refractivity contribution in [3.8, 4) is 0 Å². The standard InChI is InChI=1S/C17H26N4O3S/c18-25(23,24)21-12-10-20(11-13-21)17(22)14-19-8-6-16(7-9-19)15-4-2-1-3-5-15/h1-5,16H,6-14H2,(H2,18,23,24). The predicted molar refractivity (Wildman–Crippen MR) is 96.1 cm³/mol. The van der Waals surface area contributed by atoms with E-state index in [4.69, 9.17) is 5.14 Å². The average Bonchev–Trinajstić information content (AvgIpc) is 2.62. The van der Waals surface area contributed by atoms with E-state index in [0.717, 1.165) is 25.9 Å². The van der Waals surface area contributed by atoms with Gasteiger partial charge >= 0.3 is 0 Å². The number of nitrogens with two attached hydrogens (primary N) is 1. The maximum Gasteiger partial charge on any atom is 0.277 e. The minimum absolute atomic E-state index is 0.0761. The zero-order valence-electron chi connectivity index (χ0n) is 14.4. The van der Waals surface area contributed by atoms with Crippen molar-refractivity contribution in [3.63, 3.8) is 0 Å². The molecule has 8 heteroatoms. The fourth-order valence-electron chi connectivity index (χ4n) is 3.63. The van der Waals surface area contributed by atoms with Gasteiger partial charge in [0.1, 0.15) is 0 Å². The van der Waals surface area contributed by atoms with Crippen molar-refractivity contribution in [2.45, 2.75) is 18.8 Å². The molecule has 0 spiro atoms. The highest BCUT2D eigenvalue weighted by Gasteiger charge is 2.28. The smallest absolute Gasteiger partial charge is 0.277 e. The molecule has 0 aromatic heterocycles. The van der Waals surface area contributed by atoms with Crippen molar-refractivity contribution in [2.24, 2.45) is 5.14 Å². The number of hydrogen-bond acceptors (Lipinski definition) is 4. The molecule has 2 N–H and O–H groups in total. The van der Waals surface area contributed by atoms with Crippen LogP contribution in [0.4, 0.5) is 0 Å². The van der Waals surface area contributed by atoms with E-state index in [-0.39, 0.29) is 19.0 Å². The number of benzene rings is 1. The second kappa shape index (κ2) is 7.82. The number of piperidine rings is 1. The first-order chi connectivity index (χ1) is 11.9. The van der Waals surface area contributed by atoms with Crippen LogP contribution in [0.15, 0.2) is 30.3 Å². The van der Waals surface area contributed by atoms with Crippen LogP contribution < -0.4 is 5.14 Å². The van der Waals surface area contributed by atoms with Gasteiger partial charge in [0.05, 0.1) is 6.54 Å². The monoisotopic (exact) mass is 366 g/mol. The van der Waals surface area contributed by atoms with Crippen LogP contribution in [0.25, 0.3) is 0 Å². The molecule has 0 unspecified atom stereocenters. The van der Waals surface area contributed by atoms with E-state index in [1.54, 1.807) is 4.90 Å². The van der Waals surface area contributed by atoms with Gasteiger partial charge < -0.3 is 4.90 Å². The van der Waals surface area contributed by atoms with Crippen LogP contribution in [0.1, 0.15) is 24.3 Å². The minimum Gasteiger partial charge on any atom is -0.339 e. The molecule has 0 radical (unpaired) electrons. The minimum atomic E-state index is -3.65. The number of piperazine rings is 1. The van der Waals surface area contributed by atoms with Crippen molar-refractivity contribution in [2.75, 3.05) is 45.8 Å². The Morgan fingerprint density at radius 3 is 2.16 bits per heavy atom. The molecule has 0 aliphatic carbocycles. The second-order valence-corrected chi connectivity index (χ2v) is 8.33. The van der Waals surface area contributed by atoms with Crippen LogP contribution in [-0.4, -0.2) is 74.2 Å². The molecular formula is C17H26N4O3S. The summed E-state index contributed by atoms with van der Waals surface area (Å²) in [5.74, 6) is 0.651. The van der Waals surface area contributed by atoms with E-state index in [1.807, 2.05) is 6.07 Å². The summed E-state index contributed by atoms with van der Waals surface area (Å²) < 4.78 is 23.9. The van der Waals surface area contributed by atoms with Crippen LogP contribution in [0.3, 0.4) is 0 Å². The van der Waals surface area contributed by atoms with Crippen molar-refractivity contribution in [1.29, 1.82) is 0 Å². The summed E-state index contributed by atoms with van der Waals surface area (Å²) in [6.45, 7) is 3.63.